The topological polar surface area (TPSA) is 100 Å². The van der Waals surface area contributed by atoms with Crippen LogP contribution in [0.3, 0.4) is 0 Å². The van der Waals surface area contributed by atoms with Crippen LogP contribution >= 0.6 is 34.8 Å². The van der Waals surface area contributed by atoms with E-state index in [4.69, 9.17) is 34.8 Å². The van der Waals surface area contributed by atoms with E-state index in [9.17, 15) is 15.2 Å². The summed E-state index contributed by atoms with van der Waals surface area (Å²) in [7, 11) is 0. The first-order chi connectivity index (χ1) is 15.8. The van der Waals surface area contributed by atoms with Crippen LogP contribution in [0.25, 0.3) is 10.8 Å². The number of nitro groups is 1. The number of non-ortho nitro benzene ring substituents is 1. The summed E-state index contributed by atoms with van der Waals surface area (Å²) in [5.74, 6) is -0.149. The van der Waals surface area contributed by atoms with Gasteiger partial charge in [-0.1, -0.05) is 59.1 Å². The van der Waals surface area contributed by atoms with E-state index >= 15 is 0 Å². The van der Waals surface area contributed by atoms with Gasteiger partial charge in [-0.25, -0.2) is 0 Å². The van der Waals surface area contributed by atoms with Gasteiger partial charge in [0.05, 0.1) is 20.7 Å². The molecule has 0 aromatic heterocycles. The maximum Gasteiger partial charge on any atom is 0.271 e. The van der Waals surface area contributed by atoms with Gasteiger partial charge in [-0.2, -0.15) is 0 Å². The lowest BCUT2D eigenvalue weighted by atomic mass is 10.0. The molecule has 0 unspecified atom stereocenters. The highest BCUT2D eigenvalue weighted by molar-refractivity contribution is 6.36. The van der Waals surface area contributed by atoms with Crippen molar-refractivity contribution in [1.29, 1.82) is 0 Å². The third-order valence-electron chi connectivity index (χ3n) is 4.69. The van der Waals surface area contributed by atoms with E-state index in [1.54, 1.807) is 24.3 Å². The monoisotopic (exact) mass is 498 g/mol. The summed E-state index contributed by atoms with van der Waals surface area (Å²) in [4.78, 5) is 14.7. The van der Waals surface area contributed by atoms with Gasteiger partial charge in [0.1, 0.15) is 11.4 Å². The lowest BCUT2D eigenvalue weighted by Gasteiger charge is -2.08. The second kappa shape index (κ2) is 9.54. The molecule has 0 spiro atoms. The van der Waals surface area contributed by atoms with Gasteiger partial charge >= 0.3 is 0 Å². The van der Waals surface area contributed by atoms with Crippen LogP contribution in [-0.4, -0.2) is 16.2 Å². The maximum atomic E-state index is 10.9. The summed E-state index contributed by atoms with van der Waals surface area (Å²) < 4.78 is 0. The van der Waals surface area contributed by atoms with Gasteiger partial charge < -0.3 is 5.11 Å². The highest BCUT2D eigenvalue weighted by Crippen LogP contribution is 2.38. The molecule has 0 aliphatic rings. The zero-order valence-corrected chi connectivity index (χ0v) is 18.9. The second-order valence-electron chi connectivity index (χ2n) is 6.83. The third-order valence-corrected chi connectivity index (χ3v) is 5.53. The summed E-state index contributed by atoms with van der Waals surface area (Å²) >= 11 is 18.2. The van der Waals surface area contributed by atoms with Gasteiger partial charge in [-0.15, -0.1) is 10.2 Å². The average Bonchev–Trinajstić information content (AvgIpc) is 2.78. The normalized spacial score (nSPS) is 11.6. The Balaban J connectivity index is 1.78. The molecule has 7 nitrogen and oxygen atoms in total. The number of azo groups is 1. The fourth-order valence-corrected chi connectivity index (χ4v) is 3.74. The number of rotatable bonds is 5. The molecule has 33 heavy (non-hydrogen) atoms. The van der Waals surface area contributed by atoms with Gasteiger partial charge in [0, 0.05) is 28.9 Å². The van der Waals surface area contributed by atoms with E-state index in [1.165, 1.54) is 24.4 Å². The highest BCUT2D eigenvalue weighted by Gasteiger charge is 2.13. The molecule has 0 saturated carbocycles. The number of nitrogens with zero attached hydrogens (tertiary/aromatic N) is 4. The van der Waals surface area contributed by atoms with E-state index in [2.05, 4.69) is 15.2 Å². The van der Waals surface area contributed by atoms with Crippen LogP contribution in [0.5, 0.6) is 5.75 Å². The molecule has 0 saturated heterocycles. The van der Waals surface area contributed by atoms with Crippen LogP contribution < -0.4 is 0 Å². The Hall–Kier alpha value is -3.52. The number of nitro benzene ring substituents is 1. The first-order valence-electron chi connectivity index (χ1n) is 9.43. The van der Waals surface area contributed by atoms with Gasteiger partial charge in [-0.05, 0) is 41.1 Å². The summed E-state index contributed by atoms with van der Waals surface area (Å²) in [6, 6.07) is 17.8. The fraction of sp³-hybridized carbons (Fsp3) is 0. The number of aliphatic imine (C=N–C) groups is 1. The second-order valence-corrected chi connectivity index (χ2v) is 8.08. The Kier molecular flexibility index (Phi) is 6.55. The van der Waals surface area contributed by atoms with Crippen molar-refractivity contribution < 1.29 is 10.0 Å². The number of hydrogen-bond acceptors (Lipinski definition) is 6. The molecule has 0 fully saturated rings. The number of halogens is 3. The molecule has 0 aliphatic carbocycles. The van der Waals surface area contributed by atoms with Gasteiger partial charge in [0.15, 0.2) is 5.75 Å². The van der Waals surface area contributed by atoms with E-state index in [1.807, 2.05) is 24.3 Å². The van der Waals surface area contributed by atoms with E-state index < -0.39 is 4.92 Å². The predicted molar refractivity (Wildman–Crippen MR) is 132 cm³/mol. The number of phenols is 1. The molecule has 0 aliphatic heterocycles. The lowest BCUT2D eigenvalue weighted by Crippen LogP contribution is -1.88. The number of phenolic OH excluding ortho intramolecular Hbond substituents is 1. The SMILES string of the molecule is O=[N+]([O-])c1ccc(N=Cc2c(O)c(N=Nc3ccc(Cl)cc3Cl)cc3ccccc23)c(Cl)c1. The molecule has 0 radical (unpaired) electrons. The Labute approximate surface area is 202 Å². The fourth-order valence-electron chi connectivity index (χ4n) is 3.07. The lowest BCUT2D eigenvalue weighted by molar-refractivity contribution is -0.384. The van der Waals surface area contributed by atoms with Crippen molar-refractivity contribution in [2.24, 2.45) is 15.2 Å². The van der Waals surface area contributed by atoms with Crippen LogP contribution in [0.2, 0.25) is 15.1 Å². The Morgan fingerprint density at radius 2 is 1.55 bits per heavy atom. The third kappa shape index (κ3) is 4.96. The number of aromatic hydroxyl groups is 1. The van der Waals surface area contributed by atoms with Gasteiger partial charge in [0.25, 0.3) is 5.69 Å². The quantitative estimate of drug-likeness (QED) is 0.129. The molecular formula is C23H13Cl3N4O3. The number of fused-ring (bicyclic) bond motifs is 1. The van der Waals surface area contributed by atoms with Crippen molar-refractivity contribution in [2.45, 2.75) is 0 Å². The van der Waals surface area contributed by atoms with Crippen molar-refractivity contribution in [3.05, 3.63) is 97.5 Å². The van der Waals surface area contributed by atoms with Crippen LogP contribution in [-0.2, 0) is 0 Å². The average molecular weight is 500 g/mol. The highest BCUT2D eigenvalue weighted by atomic mass is 35.5. The van der Waals surface area contributed by atoms with E-state index in [0.717, 1.165) is 10.8 Å². The molecule has 0 bridgehead atoms. The van der Waals surface area contributed by atoms with Crippen LogP contribution in [0.1, 0.15) is 5.56 Å². The van der Waals surface area contributed by atoms with Gasteiger partial charge in [-0.3, -0.25) is 15.1 Å². The van der Waals surface area contributed by atoms with Crippen molar-refractivity contribution in [1.82, 2.24) is 0 Å². The summed E-state index contributed by atoms with van der Waals surface area (Å²) in [6.07, 6.45) is 1.43. The minimum Gasteiger partial charge on any atom is -0.505 e. The Bertz CT molecular complexity index is 1450. The molecule has 4 aromatic rings. The van der Waals surface area contributed by atoms with E-state index in [0.29, 0.717) is 27.0 Å². The minimum atomic E-state index is -0.542. The van der Waals surface area contributed by atoms with Crippen molar-refractivity contribution in [3.63, 3.8) is 0 Å². The van der Waals surface area contributed by atoms with Crippen molar-refractivity contribution in [3.8, 4) is 5.75 Å². The first kappa shape index (κ1) is 22.7. The van der Waals surface area contributed by atoms with Crippen molar-refractivity contribution in [2.75, 3.05) is 0 Å². The maximum absolute atomic E-state index is 10.9. The van der Waals surface area contributed by atoms with Crippen LogP contribution in [0.15, 0.2) is 82.0 Å². The summed E-state index contributed by atoms with van der Waals surface area (Å²) in [5.41, 5.74) is 1.15. The standard InChI is InChI=1S/C23H13Cl3N4O3/c24-14-5-7-21(18(25)10-14)28-29-22-9-13-3-1-2-4-16(13)17(23(22)31)12-27-20-8-6-15(30(32)33)11-19(20)26/h1-12,31H. The number of benzene rings is 4. The zero-order valence-electron chi connectivity index (χ0n) is 16.6. The molecule has 4 aromatic carbocycles. The molecule has 0 heterocycles. The summed E-state index contributed by atoms with van der Waals surface area (Å²) in [5, 5.41) is 32.5. The molecule has 4 rings (SSSR count). The Morgan fingerprint density at radius 1 is 0.848 bits per heavy atom. The van der Waals surface area contributed by atoms with Crippen LogP contribution in [0, 0.1) is 10.1 Å². The smallest absolute Gasteiger partial charge is 0.271 e. The van der Waals surface area contributed by atoms with Gasteiger partial charge in [0.2, 0.25) is 0 Å². The van der Waals surface area contributed by atoms with E-state index in [-0.39, 0.29) is 22.1 Å². The van der Waals surface area contributed by atoms with Crippen molar-refractivity contribution >= 4 is 74.5 Å². The molecule has 0 atom stereocenters. The molecule has 164 valence electrons. The Morgan fingerprint density at radius 3 is 2.27 bits per heavy atom. The molecule has 10 heteroatoms. The minimum absolute atomic E-state index is 0.109. The number of hydrogen-bond donors (Lipinski definition) is 1. The predicted octanol–water partition coefficient (Wildman–Crippen LogP) is 8.58. The first-order valence-corrected chi connectivity index (χ1v) is 10.6. The molecular weight excluding hydrogens is 487 g/mol. The summed E-state index contributed by atoms with van der Waals surface area (Å²) in [6.45, 7) is 0. The molecule has 1 N–H and O–H groups in total. The van der Waals surface area contributed by atoms with Crippen LogP contribution in [0.4, 0.5) is 22.7 Å². The zero-order chi connectivity index (χ0) is 23.5. The molecule has 0 amide bonds. The largest absolute Gasteiger partial charge is 0.505 e.